The van der Waals surface area contributed by atoms with Crippen molar-refractivity contribution in [1.29, 1.82) is 0 Å². The fourth-order valence-corrected chi connectivity index (χ4v) is 3.17. The molecule has 1 atom stereocenters. The van der Waals surface area contributed by atoms with E-state index in [1.54, 1.807) is 24.3 Å². The highest BCUT2D eigenvalue weighted by atomic mass is 19.1. The van der Waals surface area contributed by atoms with Gasteiger partial charge in [0, 0.05) is 19.5 Å². The maximum absolute atomic E-state index is 14.0. The van der Waals surface area contributed by atoms with Gasteiger partial charge in [-0.3, -0.25) is 9.59 Å². The summed E-state index contributed by atoms with van der Waals surface area (Å²) in [6.45, 7) is 0.386. The van der Waals surface area contributed by atoms with Crippen molar-refractivity contribution in [1.82, 2.24) is 4.90 Å². The molecule has 0 radical (unpaired) electrons. The predicted molar refractivity (Wildman–Crippen MR) is 97.5 cm³/mol. The number of terminal acetylenes is 1. The van der Waals surface area contributed by atoms with Gasteiger partial charge in [-0.1, -0.05) is 30.2 Å². The number of para-hydroxylation sites is 1. The van der Waals surface area contributed by atoms with Crippen molar-refractivity contribution in [2.45, 2.75) is 13.0 Å². The van der Waals surface area contributed by atoms with Crippen LogP contribution in [0.2, 0.25) is 0 Å². The number of carbonyl (C=O) groups is 2. The summed E-state index contributed by atoms with van der Waals surface area (Å²) >= 11 is 0. The number of nitrogens with zero attached hydrogens (tertiary/aromatic N) is 2. The van der Waals surface area contributed by atoms with Gasteiger partial charge in [0.15, 0.2) is 0 Å². The fourth-order valence-electron chi connectivity index (χ4n) is 3.17. The molecule has 0 N–H and O–H groups in total. The van der Waals surface area contributed by atoms with Gasteiger partial charge in [0.1, 0.15) is 11.6 Å². The first-order chi connectivity index (χ1) is 13.0. The van der Waals surface area contributed by atoms with Crippen molar-refractivity contribution in [2.24, 2.45) is 5.92 Å². The van der Waals surface area contributed by atoms with Crippen molar-refractivity contribution in [3.05, 3.63) is 65.7 Å². The second-order valence-corrected chi connectivity index (χ2v) is 6.38. The number of carbonyl (C=O) groups excluding carboxylic acids is 2. The van der Waals surface area contributed by atoms with Crippen LogP contribution in [0.5, 0.6) is 0 Å². The molecule has 0 saturated carbocycles. The Hall–Kier alpha value is -3.20. The summed E-state index contributed by atoms with van der Waals surface area (Å²) in [7, 11) is 0. The minimum absolute atomic E-state index is 0.00232. The number of hydrogen-bond acceptors (Lipinski definition) is 2. The number of halogens is 2. The lowest BCUT2D eigenvalue weighted by atomic mass is 10.1. The molecule has 4 nitrogen and oxygen atoms in total. The van der Waals surface area contributed by atoms with Crippen molar-refractivity contribution >= 4 is 17.5 Å². The lowest BCUT2D eigenvalue weighted by molar-refractivity contribution is -0.135. The zero-order valence-corrected chi connectivity index (χ0v) is 14.6. The predicted octanol–water partition coefficient (Wildman–Crippen LogP) is 2.98. The van der Waals surface area contributed by atoms with Gasteiger partial charge in [-0.2, -0.15) is 0 Å². The van der Waals surface area contributed by atoms with E-state index in [-0.39, 0.29) is 49.4 Å². The van der Waals surface area contributed by atoms with Crippen LogP contribution in [0.1, 0.15) is 12.0 Å². The van der Waals surface area contributed by atoms with Gasteiger partial charge in [-0.05, 0) is 29.8 Å². The summed E-state index contributed by atoms with van der Waals surface area (Å²) in [5, 5.41) is 0. The molecule has 2 aromatic rings. The Bertz CT molecular complexity index is 890. The Kier molecular flexibility index (Phi) is 5.51. The topological polar surface area (TPSA) is 40.6 Å². The van der Waals surface area contributed by atoms with E-state index in [2.05, 4.69) is 5.92 Å². The number of benzene rings is 2. The first-order valence-corrected chi connectivity index (χ1v) is 8.51. The number of rotatable bonds is 5. The summed E-state index contributed by atoms with van der Waals surface area (Å²) < 4.78 is 27.1. The van der Waals surface area contributed by atoms with Crippen LogP contribution in [0.3, 0.4) is 0 Å². The second-order valence-electron chi connectivity index (χ2n) is 6.38. The van der Waals surface area contributed by atoms with E-state index >= 15 is 0 Å². The Balaban J connectivity index is 1.75. The van der Waals surface area contributed by atoms with E-state index in [1.165, 1.54) is 34.1 Å². The van der Waals surface area contributed by atoms with Gasteiger partial charge in [0.05, 0.1) is 18.2 Å². The average molecular weight is 368 g/mol. The van der Waals surface area contributed by atoms with E-state index in [0.717, 1.165) is 5.56 Å². The molecular weight excluding hydrogens is 350 g/mol. The van der Waals surface area contributed by atoms with E-state index in [4.69, 9.17) is 6.42 Å². The summed E-state index contributed by atoms with van der Waals surface area (Å²) in [4.78, 5) is 28.0. The van der Waals surface area contributed by atoms with Crippen LogP contribution < -0.4 is 4.90 Å². The molecule has 1 aliphatic rings. The van der Waals surface area contributed by atoms with Crippen LogP contribution in [0, 0.1) is 29.9 Å². The van der Waals surface area contributed by atoms with Crippen LogP contribution in [-0.4, -0.2) is 29.8 Å². The molecule has 2 amide bonds. The minimum atomic E-state index is -0.606. The van der Waals surface area contributed by atoms with Crippen LogP contribution in [0.25, 0.3) is 0 Å². The summed E-state index contributed by atoms with van der Waals surface area (Å²) in [5.74, 6) is 0.382. The lowest BCUT2D eigenvalue weighted by Gasteiger charge is -2.24. The highest BCUT2D eigenvalue weighted by molar-refractivity contribution is 6.00. The number of anilines is 1. The molecule has 0 spiro atoms. The Morgan fingerprint density at radius 1 is 1.19 bits per heavy atom. The van der Waals surface area contributed by atoms with Gasteiger partial charge in [-0.15, -0.1) is 6.42 Å². The molecule has 1 heterocycles. The highest BCUT2D eigenvalue weighted by Gasteiger charge is 2.37. The van der Waals surface area contributed by atoms with E-state index in [0.29, 0.717) is 0 Å². The first kappa shape index (κ1) is 18.6. The standard InChI is InChI=1S/C21H18F2N2O2/c1-2-11-24(13-15-7-9-17(22)10-8-15)21(27)16-12-20(26)25(14-16)19-6-4-3-5-18(19)23/h1,3-10,16H,11-14H2. The molecule has 138 valence electrons. The van der Waals surface area contributed by atoms with E-state index in [1.807, 2.05) is 0 Å². The average Bonchev–Trinajstić information content (AvgIpc) is 3.04. The SMILES string of the molecule is C#CCN(Cc1ccc(F)cc1)C(=O)C1CC(=O)N(c2ccccc2F)C1. The maximum atomic E-state index is 14.0. The molecule has 0 bridgehead atoms. The van der Waals surface area contributed by atoms with Gasteiger partial charge in [-0.25, -0.2) is 8.78 Å². The van der Waals surface area contributed by atoms with Gasteiger partial charge in [0.2, 0.25) is 11.8 Å². The highest BCUT2D eigenvalue weighted by Crippen LogP contribution is 2.28. The van der Waals surface area contributed by atoms with Crippen molar-refractivity contribution in [2.75, 3.05) is 18.0 Å². The molecule has 27 heavy (non-hydrogen) atoms. The van der Waals surface area contributed by atoms with Crippen LogP contribution in [0.15, 0.2) is 48.5 Å². The second kappa shape index (κ2) is 8.00. The number of hydrogen-bond donors (Lipinski definition) is 0. The normalized spacial score (nSPS) is 16.3. The third-order valence-corrected chi connectivity index (χ3v) is 4.50. The van der Waals surface area contributed by atoms with Crippen molar-refractivity contribution in [3.63, 3.8) is 0 Å². The molecular formula is C21H18F2N2O2. The molecule has 1 unspecified atom stereocenters. The number of amides is 2. The lowest BCUT2D eigenvalue weighted by Crippen LogP contribution is -2.37. The van der Waals surface area contributed by atoms with Crippen LogP contribution in [0.4, 0.5) is 14.5 Å². The largest absolute Gasteiger partial charge is 0.327 e. The maximum Gasteiger partial charge on any atom is 0.229 e. The zero-order chi connectivity index (χ0) is 19.4. The summed E-state index contributed by atoms with van der Waals surface area (Å²) in [6.07, 6.45) is 5.38. The Morgan fingerprint density at radius 3 is 2.56 bits per heavy atom. The fraction of sp³-hybridized carbons (Fsp3) is 0.238. The quantitative estimate of drug-likeness (QED) is 0.762. The molecule has 1 saturated heterocycles. The Labute approximate surface area is 156 Å². The van der Waals surface area contributed by atoms with Gasteiger partial charge in [0.25, 0.3) is 0 Å². The molecule has 2 aromatic carbocycles. The van der Waals surface area contributed by atoms with Crippen LogP contribution >= 0.6 is 0 Å². The molecule has 1 fully saturated rings. The molecule has 6 heteroatoms. The minimum Gasteiger partial charge on any atom is -0.327 e. The van der Waals surface area contributed by atoms with E-state index < -0.39 is 11.7 Å². The third kappa shape index (κ3) is 4.14. The van der Waals surface area contributed by atoms with E-state index in [9.17, 15) is 18.4 Å². The van der Waals surface area contributed by atoms with Crippen LogP contribution in [-0.2, 0) is 16.1 Å². The molecule has 1 aliphatic heterocycles. The van der Waals surface area contributed by atoms with Crippen molar-refractivity contribution in [3.8, 4) is 12.3 Å². The molecule has 0 aliphatic carbocycles. The zero-order valence-electron chi connectivity index (χ0n) is 14.6. The summed E-state index contributed by atoms with van der Waals surface area (Å²) in [6, 6.07) is 11.8. The van der Waals surface area contributed by atoms with Gasteiger partial charge < -0.3 is 9.80 Å². The van der Waals surface area contributed by atoms with Gasteiger partial charge >= 0.3 is 0 Å². The molecule has 0 aromatic heterocycles. The Morgan fingerprint density at radius 2 is 1.89 bits per heavy atom. The van der Waals surface area contributed by atoms with Crippen molar-refractivity contribution < 1.29 is 18.4 Å². The molecule has 3 rings (SSSR count). The summed E-state index contributed by atoms with van der Waals surface area (Å²) in [5.41, 5.74) is 0.898. The third-order valence-electron chi connectivity index (χ3n) is 4.50. The first-order valence-electron chi connectivity index (χ1n) is 8.51. The monoisotopic (exact) mass is 368 g/mol. The smallest absolute Gasteiger partial charge is 0.229 e.